The summed E-state index contributed by atoms with van der Waals surface area (Å²) in [6.45, 7) is 2.65. The maximum Gasteiger partial charge on any atom is 0.191 e. The van der Waals surface area contributed by atoms with Crippen LogP contribution < -0.4 is 15.4 Å². The summed E-state index contributed by atoms with van der Waals surface area (Å²) >= 11 is 0. The van der Waals surface area contributed by atoms with Crippen LogP contribution in [0.5, 0.6) is 11.5 Å². The van der Waals surface area contributed by atoms with Gasteiger partial charge in [0.1, 0.15) is 17.3 Å². The van der Waals surface area contributed by atoms with Crippen molar-refractivity contribution in [2.75, 3.05) is 14.2 Å². The number of aromatic hydroxyl groups is 1. The second-order valence-electron chi connectivity index (χ2n) is 5.36. The lowest BCUT2D eigenvalue weighted by molar-refractivity contribution is 0.410. The van der Waals surface area contributed by atoms with Gasteiger partial charge in [0.25, 0.3) is 0 Å². The van der Waals surface area contributed by atoms with Crippen LogP contribution in [0, 0.1) is 12.7 Å². The zero-order valence-corrected chi connectivity index (χ0v) is 14.1. The van der Waals surface area contributed by atoms with Gasteiger partial charge in [0.15, 0.2) is 5.96 Å². The van der Waals surface area contributed by atoms with Gasteiger partial charge in [-0.2, -0.15) is 0 Å². The van der Waals surface area contributed by atoms with Crippen LogP contribution in [-0.2, 0) is 13.1 Å². The fraction of sp³-hybridized carbons (Fsp3) is 0.278. The first-order valence-electron chi connectivity index (χ1n) is 7.59. The molecule has 0 amide bonds. The highest BCUT2D eigenvalue weighted by Crippen LogP contribution is 2.22. The summed E-state index contributed by atoms with van der Waals surface area (Å²) in [7, 11) is 3.24. The molecule has 2 rings (SSSR count). The molecule has 2 aromatic carbocycles. The third-order valence-corrected chi connectivity index (χ3v) is 3.64. The zero-order valence-electron chi connectivity index (χ0n) is 14.1. The van der Waals surface area contributed by atoms with Crippen molar-refractivity contribution in [2.45, 2.75) is 20.0 Å². The Kier molecular flexibility index (Phi) is 6.01. The molecule has 0 aliphatic carbocycles. The number of phenolic OH excluding ortho intramolecular Hbond substituents is 1. The monoisotopic (exact) mass is 331 g/mol. The Balaban J connectivity index is 1.94. The molecule has 0 saturated heterocycles. The number of aryl methyl sites for hydroxylation is 1. The average molecular weight is 331 g/mol. The van der Waals surface area contributed by atoms with Gasteiger partial charge in [-0.1, -0.05) is 12.1 Å². The molecule has 2 aromatic rings. The van der Waals surface area contributed by atoms with E-state index in [0.29, 0.717) is 35.9 Å². The Morgan fingerprint density at radius 1 is 1.17 bits per heavy atom. The van der Waals surface area contributed by atoms with E-state index in [-0.39, 0.29) is 11.6 Å². The Hall–Kier alpha value is -2.76. The molecule has 6 heteroatoms. The molecule has 0 radical (unpaired) electrons. The molecule has 128 valence electrons. The molecule has 0 fully saturated rings. The summed E-state index contributed by atoms with van der Waals surface area (Å²) in [6.07, 6.45) is 0. The molecule has 0 unspecified atom stereocenters. The minimum Gasteiger partial charge on any atom is -0.508 e. The molecule has 0 spiro atoms. The Bertz CT molecular complexity index is 732. The fourth-order valence-electron chi connectivity index (χ4n) is 2.23. The lowest BCUT2D eigenvalue weighted by Gasteiger charge is -2.13. The SMILES string of the molecule is CN=C(NCc1ccc(F)c(C)c1)NCc1cc(OC)ccc1O. The summed E-state index contributed by atoms with van der Waals surface area (Å²) < 4.78 is 18.4. The third-order valence-electron chi connectivity index (χ3n) is 3.64. The van der Waals surface area contributed by atoms with Crippen molar-refractivity contribution in [1.82, 2.24) is 10.6 Å². The van der Waals surface area contributed by atoms with Gasteiger partial charge in [0.05, 0.1) is 7.11 Å². The number of benzene rings is 2. The Morgan fingerprint density at radius 2 is 1.92 bits per heavy atom. The molecule has 0 heterocycles. The zero-order chi connectivity index (χ0) is 17.5. The van der Waals surface area contributed by atoms with E-state index in [1.165, 1.54) is 6.07 Å². The molecule has 0 aliphatic rings. The van der Waals surface area contributed by atoms with E-state index in [9.17, 15) is 9.50 Å². The molecule has 0 bridgehead atoms. The predicted molar refractivity (Wildman–Crippen MR) is 92.8 cm³/mol. The van der Waals surface area contributed by atoms with E-state index in [4.69, 9.17) is 4.74 Å². The normalized spacial score (nSPS) is 11.2. The van der Waals surface area contributed by atoms with E-state index in [1.807, 2.05) is 0 Å². The topological polar surface area (TPSA) is 65.9 Å². The lowest BCUT2D eigenvalue weighted by Crippen LogP contribution is -2.36. The molecular formula is C18H22FN3O2. The van der Waals surface area contributed by atoms with Gasteiger partial charge in [-0.3, -0.25) is 4.99 Å². The minimum absolute atomic E-state index is 0.188. The fourth-order valence-corrected chi connectivity index (χ4v) is 2.23. The van der Waals surface area contributed by atoms with Gasteiger partial charge in [0.2, 0.25) is 0 Å². The molecule has 0 aliphatic heterocycles. The van der Waals surface area contributed by atoms with Crippen molar-refractivity contribution in [3.63, 3.8) is 0 Å². The van der Waals surface area contributed by atoms with Gasteiger partial charge >= 0.3 is 0 Å². The maximum absolute atomic E-state index is 13.3. The van der Waals surface area contributed by atoms with Crippen LogP contribution in [0.15, 0.2) is 41.4 Å². The van der Waals surface area contributed by atoms with Crippen molar-refractivity contribution in [3.05, 3.63) is 58.9 Å². The largest absolute Gasteiger partial charge is 0.508 e. The first kappa shape index (κ1) is 17.6. The van der Waals surface area contributed by atoms with Crippen LogP contribution in [0.1, 0.15) is 16.7 Å². The minimum atomic E-state index is -0.213. The van der Waals surface area contributed by atoms with Crippen molar-refractivity contribution in [1.29, 1.82) is 0 Å². The smallest absolute Gasteiger partial charge is 0.191 e. The van der Waals surface area contributed by atoms with Crippen LogP contribution in [0.3, 0.4) is 0 Å². The quantitative estimate of drug-likeness (QED) is 0.582. The molecule has 24 heavy (non-hydrogen) atoms. The third kappa shape index (κ3) is 4.62. The van der Waals surface area contributed by atoms with Crippen LogP contribution >= 0.6 is 0 Å². The van der Waals surface area contributed by atoms with Crippen molar-refractivity contribution < 1.29 is 14.2 Å². The number of rotatable bonds is 5. The van der Waals surface area contributed by atoms with E-state index in [2.05, 4.69) is 15.6 Å². The van der Waals surface area contributed by atoms with E-state index in [1.54, 1.807) is 51.4 Å². The Labute approximate surface area is 141 Å². The number of aliphatic imine (C=N–C) groups is 1. The maximum atomic E-state index is 13.3. The number of hydrogen-bond acceptors (Lipinski definition) is 3. The van der Waals surface area contributed by atoms with Crippen molar-refractivity contribution >= 4 is 5.96 Å². The van der Waals surface area contributed by atoms with Crippen molar-refractivity contribution in [2.24, 2.45) is 4.99 Å². The van der Waals surface area contributed by atoms with Gasteiger partial charge in [-0.15, -0.1) is 0 Å². The number of methoxy groups -OCH3 is 1. The second kappa shape index (κ2) is 8.19. The summed E-state index contributed by atoms with van der Waals surface area (Å²) in [5, 5.41) is 16.2. The summed E-state index contributed by atoms with van der Waals surface area (Å²) in [6, 6.07) is 10.0. The second-order valence-corrected chi connectivity index (χ2v) is 5.36. The number of guanidine groups is 1. The number of nitrogens with zero attached hydrogens (tertiary/aromatic N) is 1. The molecule has 5 nitrogen and oxygen atoms in total. The highest BCUT2D eigenvalue weighted by atomic mass is 19.1. The van der Waals surface area contributed by atoms with Crippen molar-refractivity contribution in [3.8, 4) is 11.5 Å². The molecule has 0 saturated carbocycles. The lowest BCUT2D eigenvalue weighted by atomic mass is 10.1. The van der Waals surface area contributed by atoms with Crippen LogP contribution in [0.2, 0.25) is 0 Å². The van der Waals surface area contributed by atoms with Crippen LogP contribution in [-0.4, -0.2) is 25.2 Å². The summed E-state index contributed by atoms with van der Waals surface area (Å²) in [5.41, 5.74) is 2.27. The van der Waals surface area contributed by atoms with E-state index < -0.39 is 0 Å². The number of nitrogens with one attached hydrogen (secondary N) is 2. The summed E-state index contributed by atoms with van der Waals surface area (Å²) in [5.74, 6) is 1.23. The van der Waals surface area contributed by atoms with Gasteiger partial charge in [-0.25, -0.2) is 4.39 Å². The highest BCUT2D eigenvalue weighted by Gasteiger charge is 2.05. The number of ether oxygens (including phenoxy) is 1. The van der Waals surface area contributed by atoms with E-state index >= 15 is 0 Å². The first-order chi connectivity index (χ1) is 11.5. The highest BCUT2D eigenvalue weighted by molar-refractivity contribution is 5.79. The molecular weight excluding hydrogens is 309 g/mol. The first-order valence-corrected chi connectivity index (χ1v) is 7.59. The molecule has 0 aromatic heterocycles. The Morgan fingerprint density at radius 3 is 2.58 bits per heavy atom. The van der Waals surface area contributed by atoms with Gasteiger partial charge in [0, 0.05) is 25.7 Å². The van der Waals surface area contributed by atoms with Crippen LogP contribution in [0.25, 0.3) is 0 Å². The number of phenols is 1. The van der Waals surface area contributed by atoms with Crippen LogP contribution in [0.4, 0.5) is 4.39 Å². The number of hydrogen-bond donors (Lipinski definition) is 3. The van der Waals surface area contributed by atoms with E-state index in [0.717, 1.165) is 5.56 Å². The predicted octanol–water partition coefficient (Wildman–Crippen LogP) is 2.71. The average Bonchev–Trinajstić information content (AvgIpc) is 2.59. The van der Waals surface area contributed by atoms with Gasteiger partial charge < -0.3 is 20.5 Å². The molecule has 0 atom stereocenters. The standard InChI is InChI=1S/C18H22FN3O2/c1-12-8-13(4-6-16(12)19)10-21-18(20-2)22-11-14-9-15(24-3)5-7-17(14)23/h4-9,23H,10-11H2,1-3H3,(H2,20,21,22). The number of halogens is 1. The van der Waals surface area contributed by atoms with Gasteiger partial charge in [-0.05, 0) is 42.3 Å². The molecule has 3 N–H and O–H groups in total. The summed E-state index contributed by atoms with van der Waals surface area (Å²) in [4.78, 5) is 4.14.